The van der Waals surface area contributed by atoms with E-state index in [0.717, 1.165) is 45.7 Å². The molecule has 1 aliphatic carbocycles. The van der Waals surface area contributed by atoms with E-state index in [2.05, 4.69) is 25.3 Å². The standard InChI is InChI=1S/C13H24N2O/c1-11(12(2)10-13(12,3)14)4-5-15-6-8-16-9-7-15/h1,4-10,14H2,2-3H3. The van der Waals surface area contributed by atoms with E-state index < -0.39 is 0 Å². The molecule has 0 spiro atoms. The lowest BCUT2D eigenvalue weighted by Crippen LogP contribution is -2.37. The quantitative estimate of drug-likeness (QED) is 0.733. The molecule has 2 aliphatic rings. The van der Waals surface area contributed by atoms with Gasteiger partial charge in [0.1, 0.15) is 0 Å². The maximum atomic E-state index is 6.16. The Morgan fingerprint density at radius 3 is 2.44 bits per heavy atom. The zero-order chi connectivity index (χ0) is 11.8. The fourth-order valence-electron chi connectivity index (χ4n) is 2.61. The average molecular weight is 224 g/mol. The Morgan fingerprint density at radius 2 is 1.94 bits per heavy atom. The molecule has 2 atom stereocenters. The van der Waals surface area contributed by atoms with Crippen molar-refractivity contribution in [1.29, 1.82) is 0 Å². The van der Waals surface area contributed by atoms with Crippen LogP contribution in [0.2, 0.25) is 0 Å². The molecule has 92 valence electrons. The zero-order valence-corrected chi connectivity index (χ0v) is 10.6. The summed E-state index contributed by atoms with van der Waals surface area (Å²) in [5, 5.41) is 0. The van der Waals surface area contributed by atoms with Gasteiger partial charge in [-0.15, -0.1) is 0 Å². The Bertz CT molecular complexity index is 282. The lowest BCUT2D eigenvalue weighted by Gasteiger charge is -2.28. The van der Waals surface area contributed by atoms with Gasteiger partial charge < -0.3 is 10.5 Å². The summed E-state index contributed by atoms with van der Waals surface area (Å²) < 4.78 is 5.34. The summed E-state index contributed by atoms with van der Waals surface area (Å²) in [6.07, 6.45) is 2.16. The molecule has 2 rings (SSSR count). The van der Waals surface area contributed by atoms with E-state index in [1.165, 1.54) is 5.57 Å². The van der Waals surface area contributed by atoms with Crippen molar-refractivity contribution < 1.29 is 4.74 Å². The first-order chi connectivity index (χ1) is 7.46. The summed E-state index contributed by atoms with van der Waals surface area (Å²) in [5.74, 6) is 0. The van der Waals surface area contributed by atoms with Gasteiger partial charge in [0.15, 0.2) is 0 Å². The van der Waals surface area contributed by atoms with Gasteiger partial charge in [-0.05, 0) is 19.8 Å². The summed E-state index contributed by atoms with van der Waals surface area (Å²) in [6.45, 7) is 13.6. The largest absolute Gasteiger partial charge is 0.379 e. The third kappa shape index (κ3) is 2.17. The molecular formula is C13H24N2O. The van der Waals surface area contributed by atoms with Crippen molar-refractivity contribution in [2.75, 3.05) is 32.8 Å². The number of nitrogens with zero attached hydrogens (tertiary/aromatic N) is 1. The summed E-state index contributed by atoms with van der Waals surface area (Å²) in [7, 11) is 0. The first-order valence-corrected chi connectivity index (χ1v) is 6.23. The molecule has 16 heavy (non-hydrogen) atoms. The fraction of sp³-hybridized carbons (Fsp3) is 0.846. The first kappa shape index (κ1) is 12.1. The minimum absolute atomic E-state index is 0.0188. The van der Waals surface area contributed by atoms with Crippen LogP contribution in [0.1, 0.15) is 26.7 Å². The van der Waals surface area contributed by atoms with E-state index in [0.29, 0.717) is 0 Å². The number of ether oxygens (including phenoxy) is 1. The van der Waals surface area contributed by atoms with Crippen molar-refractivity contribution in [3.63, 3.8) is 0 Å². The van der Waals surface area contributed by atoms with Crippen molar-refractivity contribution in [1.82, 2.24) is 4.90 Å². The van der Waals surface area contributed by atoms with Crippen molar-refractivity contribution in [2.24, 2.45) is 11.1 Å². The van der Waals surface area contributed by atoms with Crippen LogP contribution in [0.3, 0.4) is 0 Å². The number of morpholine rings is 1. The van der Waals surface area contributed by atoms with Gasteiger partial charge in [0, 0.05) is 30.6 Å². The molecule has 0 amide bonds. The van der Waals surface area contributed by atoms with Gasteiger partial charge in [-0.2, -0.15) is 0 Å². The molecule has 3 nitrogen and oxygen atoms in total. The molecule has 2 fully saturated rings. The van der Waals surface area contributed by atoms with E-state index >= 15 is 0 Å². The second-order valence-electron chi connectivity index (χ2n) is 5.73. The second-order valence-corrected chi connectivity index (χ2v) is 5.73. The Balaban J connectivity index is 1.76. The Hall–Kier alpha value is -0.380. The highest BCUT2D eigenvalue weighted by molar-refractivity contribution is 5.30. The molecule has 1 aliphatic heterocycles. The summed E-state index contributed by atoms with van der Waals surface area (Å²) in [5.41, 5.74) is 7.64. The lowest BCUT2D eigenvalue weighted by atomic mass is 9.92. The molecule has 1 heterocycles. The van der Waals surface area contributed by atoms with Crippen LogP contribution in [0.25, 0.3) is 0 Å². The normalized spacial score (nSPS) is 39.7. The van der Waals surface area contributed by atoms with Crippen LogP contribution < -0.4 is 5.73 Å². The van der Waals surface area contributed by atoms with Crippen molar-refractivity contribution in [3.8, 4) is 0 Å². The highest BCUT2D eigenvalue weighted by atomic mass is 16.5. The Morgan fingerprint density at radius 1 is 1.38 bits per heavy atom. The Kier molecular flexibility index (Phi) is 3.12. The van der Waals surface area contributed by atoms with E-state index in [1.54, 1.807) is 0 Å². The van der Waals surface area contributed by atoms with Crippen LogP contribution in [0.4, 0.5) is 0 Å². The van der Waals surface area contributed by atoms with Crippen LogP contribution in [-0.2, 0) is 4.74 Å². The predicted molar refractivity (Wildman–Crippen MR) is 66.3 cm³/mol. The first-order valence-electron chi connectivity index (χ1n) is 6.23. The van der Waals surface area contributed by atoms with Gasteiger partial charge in [-0.25, -0.2) is 0 Å². The second kappa shape index (κ2) is 4.13. The maximum Gasteiger partial charge on any atom is 0.0594 e. The minimum Gasteiger partial charge on any atom is -0.379 e. The minimum atomic E-state index is -0.0188. The molecule has 0 bridgehead atoms. The SMILES string of the molecule is C=C(CCN1CCOCC1)C1(C)CC1(C)N. The number of rotatable bonds is 4. The molecule has 0 aromatic carbocycles. The monoisotopic (exact) mass is 224 g/mol. The molecule has 0 aromatic rings. The third-order valence-electron chi connectivity index (χ3n) is 4.47. The van der Waals surface area contributed by atoms with Gasteiger partial charge in [0.25, 0.3) is 0 Å². The van der Waals surface area contributed by atoms with E-state index in [1.807, 2.05) is 0 Å². The van der Waals surface area contributed by atoms with Crippen LogP contribution in [0, 0.1) is 5.41 Å². The van der Waals surface area contributed by atoms with Crippen LogP contribution in [0.15, 0.2) is 12.2 Å². The topological polar surface area (TPSA) is 38.5 Å². The molecule has 0 radical (unpaired) electrons. The molecule has 0 aromatic heterocycles. The summed E-state index contributed by atoms with van der Waals surface area (Å²) in [6, 6.07) is 0. The molecule has 2 N–H and O–H groups in total. The van der Waals surface area contributed by atoms with Gasteiger partial charge in [0.05, 0.1) is 13.2 Å². The molecule has 2 unspecified atom stereocenters. The molecule has 3 heteroatoms. The number of nitrogens with two attached hydrogens (primary N) is 1. The van der Waals surface area contributed by atoms with Crippen LogP contribution >= 0.6 is 0 Å². The van der Waals surface area contributed by atoms with E-state index in [9.17, 15) is 0 Å². The van der Waals surface area contributed by atoms with E-state index in [4.69, 9.17) is 10.5 Å². The summed E-state index contributed by atoms with van der Waals surface area (Å²) in [4.78, 5) is 2.45. The fourth-order valence-corrected chi connectivity index (χ4v) is 2.61. The molecule has 1 saturated carbocycles. The Labute approximate surface area is 98.6 Å². The van der Waals surface area contributed by atoms with Crippen LogP contribution in [-0.4, -0.2) is 43.3 Å². The highest BCUT2D eigenvalue weighted by Gasteiger charge is 2.59. The predicted octanol–water partition coefficient (Wildman–Crippen LogP) is 1.39. The van der Waals surface area contributed by atoms with Gasteiger partial charge in [0.2, 0.25) is 0 Å². The van der Waals surface area contributed by atoms with Gasteiger partial charge >= 0.3 is 0 Å². The molecular weight excluding hydrogens is 200 g/mol. The number of hydrogen-bond donors (Lipinski definition) is 1. The zero-order valence-electron chi connectivity index (χ0n) is 10.6. The van der Waals surface area contributed by atoms with Crippen molar-refractivity contribution in [3.05, 3.63) is 12.2 Å². The third-order valence-corrected chi connectivity index (χ3v) is 4.47. The van der Waals surface area contributed by atoms with E-state index in [-0.39, 0.29) is 11.0 Å². The van der Waals surface area contributed by atoms with Crippen molar-refractivity contribution >= 4 is 0 Å². The lowest BCUT2D eigenvalue weighted by molar-refractivity contribution is 0.0381. The van der Waals surface area contributed by atoms with Crippen LogP contribution in [0.5, 0.6) is 0 Å². The van der Waals surface area contributed by atoms with Gasteiger partial charge in [-0.3, -0.25) is 4.90 Å². The highest BCUT2D eigenvalue weighted by Crippen LogP contribution is 2.59. The molecule has 1 saturated heterocycles. The summed E-state index contributed by atoms with van der Waals surface area (Å²) >= 11 is 0. The van der Waals surface area contributed by atoms with Gasteiger partial charge in [-0.1, -0.05) is 19.1 Å². The maximum absolute atomic E-state index is 6.16. The smallest absolute Gasteiger partial charge is 0.0594 e. The van der Waals surface area contributed by atoms with Crippen molar-refractivity contribution in [2.45, 2.75) is 32.2 Å². The average Bonchev–Trinajstić information content (AvgIpc) is 2.78. The number of hydrogen-bond acceptors (Lipinski definition) is 3.